The molecule has 1 unspecified atom stereocenters. The van der Waals surface area contributed by atoms with E-state index in [2.05, 4.69) is 9.82 Å². The van der Waals surface area contributed by atoms with Crippen molar-refractivity contribution >= 4 is 15.7 Å². The highest BCUT2D eigenvalue weighted by atomic mass is 32.2. The van der Waals surface area contributed by atoms with E-state index in [9.17, 15) is 8.42 Å². The lowest BCUT2D eigenvalue weighted by Crippen LogP contribution is -2.27. The summed E-state index contributed by atoms with van der Waals surface area (Å²) in [5, 5.41) is 4.15. The summed E-state index contributed by atoms with van der Waals surface area (Å²) < 4.78 is 29.3. The Bertz CT molecular complexity index is 748. The number of hydrogen-bond donors (Lipinski definition) is 2. The zero-order valence-corrected chi connectivity index (χ0v) is 13.4. The Hall–Kier alpha value is -1.86. The highest BCUT2D eigenvalue weighted by Gasteiger charge is 2.25. The van der Waals surface area contributed by atoms with Crippen molar-refractivity contribution in [2.45, 2.75) is 31.7 Å². The Morgan fingerprint density at radius 1 is 1.24 bits per heavy atom. The van der Waals surface area contributed by atoms with E-state index in [0.29, 0.717) is 17.1 Å². The van der Waals surface area contributed by atoms with Gasteiger partial charge in [0.25, 0.3) is 0 Å². The van der Waals surface area contributed by atoms with E-state index in [-0.39, 0.29) is 10.9 Å². The second kappa shape index (κ2) is 5.50. The molecular formula is C14H20N4O2S. The molecule has 3 N–H and O–H groups in total. The molecule has 2 aromatic rings. The summed E-state index contributed by atoms with van der Waals surface area (Å²) in [5.41, 5.74) is 8.25. The maximum Gasteiger partial charge on any atom is 0.244 e. The molecule has 1 aromatic heterocycles. The number of rotatable bonds is 4. The Balaban J connectivity index is 2.31. The van der Waals surface area contributed by atoms with Crippen molar-refractivity contribution in [3.63, 3.8) is 0 Å². The van der Waals surface area contributed by atoms with Crippen molar-refractivity contribution in [2.24, 2.45) is 7.05 Å². The molecule has 0 aliphatic carbocycles. The first-order chi connectivity index (χ1) is 9.72. The quantitative estimate of drug-likeness (QED) is 0.841. The van der Waals surface area contributed by atoms with Gasteiger partial charge in [-0.3, -0.25) is 4.68 Å². The van der Waals surface area contributed by atoms with Gasteiger partial charge in [0.2, 0.25) is 10.0 Å². The van der Waals surface area contributed by atoms with Crippen LogP contribution < -0.4 is 10.5 Å². The molecule has 0 saturated heterocycles. The Kier molecular flexibility index (Phi) is 4.06. The number of anilines is 1. The van der Waals surface area contributed by atoms with Gasteiger partial charge in [-0.15, -0.1) is 0 Å². The van der Waals surface area contributed by atoms with Crippen LogP contribution in [-0.4, -0.2) is 18.2 Å². The van der Waals surface area contributed by atoms with Crippen LogP contribution in [0.5, 0.6) is 0 Å². The minimum atomic E-state index is -3.62. The number of nitrogens with two attached hydrogens (primary N) is 1. The van der Waals surface area contributed by atoms with Gasteiger partial charge >= 0.3 is 0 Å². The van der Waals surface area contributed by atoms with Crippen LogP contribution in [0, 0.1) is 13.8 Å². The summed E-state index contributed by atoms with van der Waals surface area (Å²) in [7, 11) is -1.90. The molecule has 0 amide bonds. The van der Waals surface area contributed by atoms with E-state index in [1.54, 1.807) is 44.6 Å². The van der Waals surface area contributed by atoms with Gasteiger partial charge in [0.15, 0.2) is 0 Å². The van der Waals surface area contributed by atoms with Crippen molar-refractivity contribution in [2.75, 3.05) is 5.73 Å². The minimum absolute atomic E-state index is 0.243. The van der Waals surface area contributed by atoms with Crippen LogP contribution in [-0.2, 0) is 17.1 Å². The van der Waals surface area contributed by atoms with Crippen LogP contribution in [0.2, 0.25) is 0 Å². The van der Waals surface area contributed by atoms with Crippen LogP contribution in [0.15, 0.2) is 29.2 Å². The lowest BCUT2D eigenvalue weighted by Gasteiger charge is -2.15. The molecule has 1 aromatic carbocycles. The first-order valence-corrected chi connectivity index (χ1v) is 8.08. The van der Waals surface area contributed by atoms with Gasteiger partial charge in [-0.05, 0) is 38.5 Å². The van der Waals surface area contributed by atoms with Crippen molar-refractivity contribution in [1.29, 1.82) is 0 Å². The van der Waals surface area contributed by atoms with E-state index < -0.39 is 10.0 Å². The summed E-state index contributed by atoms with van der Waals surface area (Å²) in [6.07, 6.45) is 0. The molecule has 0 aliphatic rings. The molecule has 0 aliphatic heterocycles. The molecule has 0 saturated carbocycles. The van der Waals surface area contributed by atoms with Gasteiger partial charge in [-0.25, -0.2) is 13.1 Å². The number of sulfonamides is 1. The third-order valence-electron chi connectivity index (χ3n) is 3.48. The van der Waals surface area contributed by atoms with Crippen LogP contribution in [0.25, 0.3) is 0 Å². The molecule has 1 atom stereocenters. The van der Waals surface area contributed by atoms with Gasteiger partial charge in [0, 0.05) is 18.8 Å². The van der Waals surface area contributed by atoms with Crippen molar-refractivity contribution in [3.8, 4) is 0 Å². The summed E-state index contributed by atoms with van der Waals surface area (Å²) in [6, 6.07) is 6.77. The van der Waals surface area contributed by atoms with Crippen molar-refractivity contribution in [1.82, 2.24) is 14.5 Å². The monoisotopic (exact) mass is 308 g/mol. The molecular weight excluding hydrogens is 288 g/mol. The fraction of sp³-hybridized carbons (Fsp3) is 0.357. The maximum absolute atomic E-state index is 12.5. The molecule has 7 heteroatoms. The third-order valence-corrected chi connectivity index (χ3v) is 5.27. The predicted molar refractivity (Wildman–Crippen MR) is 82.3 cm³/mol. The van der Waals surface area contributed by atoms with Crippen LogP contribution in [0.4, 0.5) is 5.69 Å². The largest absolute Gasteiger partial charge is 0.399 e. The summed E-state index contributed by atoms with van der Waals surface area (Å²) in [6.45, 7) is 5.22. The second-order valence-corrected chi connectivity index (χ2v) is 6.78. The highest BCUT2D eigenvalue weighted by molar-refractivity contribution is 7.89. The van der Waals surface area contributed by atoms with Gasteiger partial charge < -0.3 is 5.73 Å². The summed E-state index contributed by atoms with van der Waals surface area (Å²) >= 11 is 0. The van der Waals surface area contributed by atoms with Crippen molar-refractivity contribution in [3.05, 3.63) is 41.2 Å². The fourth-order valence-corrected chi connectivity index (χ4v) is 3.96. The molecule has 0 radical (unpaired) electrons. The molecule has 6 nitrogen and oxygen atoms in total. The summed E-state index contributed by atoms with van der Waals surface area (Å²) in [4.78, 5) is 0.243. The summed E-state index contributed by atoms with van der Waals surface area (Å²) in [5.74, 6) is 0. The molecule has 1 heterocycles. The Labute approximate surface area is 125 Å². The van der Waals surface area contributed by atoms with E-state index in [1.807, 2.05) is 12.1 Å². The molecule has 21 heavy (non-hydrogen) atoms. The second-order valence-electron chi connectivity index (χ2n) is 5.13. The maximum atomic E-state index is 12.5. The lowest BCUT2D eigenvalue weighted by molar-refractivity contribution is 0.565. The standard InChI is InChI=1S/C14H20N4O2S/c1-9(12-5-7-13(15)8-6-12)17-21(19,20)14-10(2)16-18(4)11(14)3/h5-9,17H,15H2,1-4H3. The van der Waals surface area contributed by atoms with Gasteiger partial charge in [0.05, 0.1) is 11.4 Å². The van der Waals surface area contributed by atoms with Gasteiger partial charge in [0.1, 0.15) is 4.90 Å². The van der Waals surface area contributed by atoms with Crippen LogP contribution >= 0.6 is 0 Å². The number of hydrogen-bond acceptors (Lipinski definition) is 4. The topological polar surface area (TPSA) is 90.0 Å². The van der Waals surface area contributed by atoms with Crippen LogP contribution in [0.3, 0.4) is 0 Å². The van der Waals surface area contributed by atoms with E-state index in [0.717, 1.165) is 5.56 Å². The molecule has 2 rings (SSSR count). The minimum Gasteiger partial charge on any atom is -0.399 e. The van der Waals surface area contributed by atoms with E-state index >= 15 is 0 Å². The number of aromatic nitrogens is 2. The molecule has 0 spiro atoms. The number of benzene rings is 1. The smallest absolute Gasteiger partial charge is 0.244 e. The Morgan fingerprint density at radius 3 is 2.29 bits per heavy atom. The Morgan fingerprint density at radius 2 is 1.81 bits per heavy atom. The van der Waals surface area contributed by atoms with E-state index in [4.69, 9.17) is 5.73 Å². The van der Waals surface area contributed by atoms with Gasteiger partial charge in [-0.2, -0.15) is 5.10 Å². The fourth-order valence-electron chi connectivity index (χ4n) is 2.29. The molecule has 114 valence electrons. The van der Waals surface area contributed by atoms with Crippen molar-refractivity contribution < 1.29 is 8.42 Å². The SMILES string of the molecule is Cc1nn(C)c(C)c1S(=O)(=O)NC(C)c1ccc(N)cc1. The predicted octanol–water partition coefficient (Wildman–Crippen LogP) is 1.66. The molecule has 0 fully saturated rings. The zero-order chi connectivity index (χ0) is 15.8. The number of nitrogens with one attached hydrogen (secondary N) is 1. The first kappa shape index (κ1) is 15.5. The average molecular weight is 308 g/mol. The molecule has 0 bridgehead atoms. The first-order valence-electron chi connectivity index (χ1n) is 6.60. The normalized spacial score (nSPS) is 13.3. The zero-order valence-electron chi connectivity index (χ0n) is 12.6. The average Bonchev–Trinajstić information content (AvgIpc) is 2.63. The van der Waals surface area contributed by atoms with Gasteiger partial charge in [-0.1, -0.05) is 12.1 Å². The number of nitrogens with zero attached hydrogens (tertiary/aromatic N) is 2. The highest BCUT2D eigenvalue weighted by Crippen LogP contribution is 2.22. The number of aryl methyl sites for hydroxylation is 2. The number of nitrogen functional groups attached to an aromatic ring is 1. The third kappa shape index (κ3) is 3.08. The van der Waals surface area contributed by atoms with Crippen LogP contribution in [0.1, 0.15) is 29.9 Å². The van der Waals surface area contributed by atoms with E-state index in [1.165, 1.54) is 0 Å². The lowest BCUT2D eigenvalue weighted by atomic mass is 10.1.